The van der Waals surface area contributed by atoms with Crippen LogP contribution in [0.3, 0.4) is 0 Å². The summed E-state index contributed by atoms with van der Waals surface area (Å²) < 4.78 is 44.1. The van der Waals surface area contributed by atoms with Crippen LogP contribution in [0.25, 0.3) is 0 Å². The molecule has 0 aromatic heterocycles. The number of anilines is 1. The van der Waals surface area contributed by atoms with Gasteiger partial charge in [-0.25, -0.2) is 8.42 Å². The van der Waals surface area contributed by atoms with Crippen LogP contribution in [0.2, 0.25) is 5.02 Å². The van der Waals surface area contributed by atoms with E-state index in [1.54, 1.807) is 18.2 Å². The summed E-state index contributed by atoms with van der Waals surface area (Å²) >= 11 is 6.19. The number of rotatable bonds is 10. The Morgan fingerprint density at radius 1 is 1.03 bits per heavy atom. The number of amides is 1. The summed E-state index contributed by atoms with van der Waals surface area (Å²) in [5, 5.41) is 2.85. The third kappa shape index (κ3) is 6.38. The number of carbonyl (C=O) groups is 1. The molecule has 0 unspecified atom stereocenters. The molecule has 1 heterocycles. The standard InChI is InChI=1S/C23H29ClN2O6S/c1-3-11-31-20-8-6-18(16-21(20)32-12-4-2)25-23(27)17-5-7-19(24)22(15-17)33(28,29)26-9-13-30-14-10-26/h5-8,15-16H,3-4,9-14H2,1-2H3,(H,25,27). The topological polar surface area (TPSA) is 94.2 Å². The van der Waals surface area contributed by atoms with Crippen molar-refractivity contribution in [3.63, 3.8) is 0 Å². The van der Waals surface area contributed by atoms with Gasteiger partial charge in [0.2, 0.25) is 10.0 Å². The number of morpholine rings is 1. The van der Waals surface area contributed by atoms with Gasteiger partial charge in [-0.05, 0) is 43.2 Å². The number of halogens is 1. The Balaban J connectivity index is 1.82. The van der Waals surface area contributed by atoms with Crippen LogP contribution in [0, 0.1) is 0 Å². The zero-order chi connectivity index (χ0) is 23.8. The fraction of sp³-hybridized carbons (Fsp3) is 0.435. The minimum atomic E-state index is -3.85. The molecule has 0 saturated carbocycles. The molecule has 3 rings (SSSR count). The van der Waals surface area contributed by atoms with E-state index in [9.17, 15) is 13.2 Å². The van der Waals surface area contributed by atoms with Gasteiger partial charge < -0.3 is 19.5 Å². The van der Waals surface area contributed by atoms with Gasteiger partial charge in [0.15, 0.2) is 11.5 Å². The van der Waals surface area contributed by atoms with E-state index in [-0.39, 0.29) is 28.6 Å². The molecule has 180 valence electrons. The number of hydrogen-bond acceptors (Lipinski definition) is 6. The van der Waals surface area contributed by atoms with Crippen molar-refractivity contribution in [3.05, 3.63) is 47.0 Å². The number of benzene rings is 2. The molecule has 0 bridgehead atoms. The van der Waals surface area contributed by atoms with Crippen molar-refractivity contribution in [1.82, 2.24) is 4.31 Å². The predicted molar refractivity (Wildman–Crippen MR) is 127 cm³/mol. The number of hydrogen-bond donors (Lipinski definition) is 1. The van der Waals surface area contributed by atoms with Gasteiger partial charge in [-0.15, -0.1) is 0 Å². The quantitative estimate of drug-likeness (QED) is 0.530. The molecule has 1 amide bonds. The molecular weight excluding hydrogens is 468 g/mol. The highest BCUT2D eigenvalue weighted by atomic mass is 35.5. The number of nitrogens with one attached hydrogen (secondary N) is 1. The Morgan fingerprint density at radius 3 is 2.36 bits per heavy atom. The number of carbonyl (C=O) groups excluding carboxylic acids is 1. The van der Waals surface area contributed by atoms with Crippen molar-refractivity contribution in [2.75, 3.05) is 44.8 Å². The van der Waals surface area contributed by atoms with E-state index >= 15 is 0 Å². The Bertz CT molecular complexity index is 1070. The van der Waals surface area contributed by atoms with Crippen LogP contribution in [-0.4, -0.2) is 58.1 Å². The van der Waals surface area contributed by atoms with Crippen molar-refractivity contribution >= 4 is 33.2 Å². The summed E-state index contributed by atoms with van der Waals surface area (Å²) in [5.41, 5.74) is 0.677. The van der Waals surface area contributed by atoms with E-state index in [1.807, 2.05) is 13.8 Å². The summed E-state index contributed by atoms with van der Waals surface area (Å²) in [4.78, 5) is 12.8. The summed E-state index contributed by atoms with van der Waals surface area (Å²) in [6.45, 7) is 6.19. The van der Waals surface area contributed by atoms with Crippen LogP contribution < -0.4 is 14.8 Å². The first kappa shape index (κ1) is 25.3. The van der Waals surface area contributed by atoms with Crippen LogP contribution in [-0.2, 0) is 14.8 Å². The third-order valence-corrected chi connectivity index (χ3v) is 7.29. The van der Waals surface area contributed by atoms with E-state index in [0.29, 0.717) is 43.6 Å². The molecule has 33 heavy (non-hydrogen) atoms. The molecule has 0 aliphatic carbocycles. The summed E-state index contributed by atoms with van der Waals surface area (Å²) in [6.07, 6.45) is 1.69. The zero-order valence-corrected chi connectivity index (χ0v) is 20.4. The fourth-order valence-corrected chi connectivity index (χ4v) is 5.12. The van der Waals surface area contributed by atoms with Gasteiger partial charge in [-0.1, -0.05) is 25.4 Å². The van der Waals surface area contributed by atoms with Crippen LogP contribution in [0.15, 0.2) is 41.3 Å². The Morgan fingerprint density at radius 2 is 1.70 bits per heavy atom. The summed E-state index contributed by atoms with van der Waals surface area (Å²) in [5.74, 6) is 0.678. The van der Waals surface area contributed by atoms with Crippen LogP contribution in [0.5, 0.6) is 11.5 Å². The second kappa shape index (κ2) is 11.7. The molecule has 1 aliphatic rings. The van der Waals surface area contributed by atoms with Gasteiger partial charge >= 0.3 is 0 Å². The van der Waals surface area contributed by atoms with Crippen LogP contribution >= 0.6 is 11.6 Å². The fourth-order valence-electron chi connectivity index (χ4n) is 3.21. The molecule has 1 aliphatic heterocycles. The van der Waals surface area contributed by atoms with E-state index in [0.717, 1.165) is 12.8 Å². The Hall–Kier alpha value is -2.33. The number of ether oxygens (including phenoxy) is 3. The number of nitrogens with zero attached hydrogens (tertiary/aromatic N) is 1. The first-order valence-electron chi connectivity index (χ1n) is 10.9. The molecule has 1 saturated heterocycles. The molecule has 2 aromatic rings. The molecule has 1 fully saturated rings. The molecule has 2 aromatic carbocycles. The molecule has 10 heteroatoms. The van der Waals surface area contributed by atoms with Crippen LogP contribution in [0.1, 0.15) is 37.0 Å². The molecular formula is C23H29ClN2O6S. The highest BCUT2D eigenvalue weighted by Gasteiger charge is 2.29. The van der Waals surface area contributed by atoms with Gasteiger partial charge in [0.1, 0.15) is 4.90 Å². The van der Waals surface area contributed by atoms with Gasteiger partial charge in [0, 0.05) is 30.4 Å². The van der Waals surface area contributed by atoms with Crippen molar-refractivity contribution in [1.29, 1.82) is 0 Å². The second-order valence-electron chi connectivity index (χ2n) is 7.47. The Labute approximate surface area is 199 Å². The maximum absolute atomic E-state index is 13.0. The van der Waals surface area contributed by atoms with Gasteiger partial charge in [-0.2, -0.15) is 4.31 Å². The molecule has 0 radical (unpaired) electrons. The average Bonchev–Trinajstić information content (AvgIpc) is 2.82. The highest BCUT2D eigenvalue weighted by molar-refractivity contribution is 7.89. The second-order valence-corrected chi connectivity index (χ2v) is 9.79. The monoisotopic (exact) mass is 496 g/mol. The zero-order valence-electron chi connectivity index (χ0n) is 18.8. The average molecular weight is 497 g/mol. The molecule has 8 nitrogen and oxygen atoms in total. The van der Waals surface area contributed by atoms with Gasteiger partial charge in [0.25, 0.3) is 5.91 Å². The van der Waals surface area contributed by atoms with Crippen molar-refractivity contribution in [2.45, 2.75) is 31.6 Å². The van der Waals surface area contributed by atoms with Crippen molar-refractivity contribution in [3.8, 4) is 11.5 Å². The largest absolute Gasteiger partial charge is 0.490 e. The van der Waals surface area contributed by atoms with Gasteiger partial charge in [0.05, 0.1) is 31.5 Å². The van der Waals surface area contributed by atoms with E-state index in [4.69, 9.17) is 25.8 Å². The number of sulfonamides is 1. The molecule has 1 N–H and O–H groups in total. The van der Waals surface area contributed by atoms with Crippen molar-refractivity contribution < 1.29 is 27.4 Å². The Kier molecular flexibility index (Phi) is 8.96. The lowest BCUT2D eigenvalue weighted by molar-refractivity contribution is 0.0730. The molecule has 0 atom stereocenters. The lowest BCUT2D eigenvalue weighted by atomic mass is 10.2. The van der Waals surface area contributed by atoms with Crippen molar-refractivity contribution in [2.24, 2.45) is 0 Å². The summed E-state index contributed by atoms with van der Waals surface area (Å²) in [6, 6.07) is 9.36. The maximum atomic E-state index is 13.0. The van der Waals surface area contributed by atoms with E-state index < -0.39 is 15.9 Å². The smallest absolute Gasteiger partial charge is 0.255 e. The third-order valence-electron chi connectivity index (χ3n) is 4.91. The lowest BCUT2D eigenvalue weighted by Crippen LogP contribution is -2.40. The summed E-state index contributed by atoms with van der Waals surface area (Å²) in [7, 11) is -3.85. The highest BCUT2D eigenvalue weighted by Crippen LogP contribution is 2.32. The van der Waals surface area contributed by atoms with E-state index in [2.05, 4.69) is 5.32 Å². The first-order valence-corrected chi connectivity index (χ1v) is 12.8. The van der Waals surface area contributed by atoms with Gasteiger partial charge in [-0.3, -0.25) is 4.79 Å². The normalized spacial score (nSPS) is 14.6. The lowest BCUT2D eigenvalue weighted by Gasteiger charge is -2.26. The minimum absolute atomic E-state index is 0.0609. The van der Waals surface area contributed by atoms with Crippen LogP contribution in [0.4, 0.5) is 5.69 Å². The SMILES string of the molecule is CCCOc1ccc(NC(=O)c2ccc(Cl)c(S(=O)(=O)N3CCOCC3)c2)cc1OCCC. The minimum Gasteiger partial charge on any atom is -0.490 e. The van der Waals surface area contributed by atoms with E-state index in [1.165, 1.54) is 22.5 Å². The first-order chi connectivity index (χ1) is 15.9. The maximum Gasteiger partial charge on any atom is 0.255 e. The molecule has 0 spiro atoms. The predicted octanol–water partition coefficient (Wildman–Crippen LogP) is 4.19.